The minimum absolute atomic E-state index is 0.108. The molecule has 1 fully saturated rings. The molecule has 1 saturated carbocycles. The summed E-state index contributed by atoms with van der Waals surface area (Å²) >= 11 is 0. The molecule has 0 atom stereocenters. The van der Waals surface area contributed by atoms with Crippen LogP contribution in [0.25, 0.3) is 0 Å². The fourth-order valence-electron chi connectivity index (χ4n) is 2.08. The van der Waals surface area contributed by atoms with E-state index < -0.39 is 5.97 Å². The van der Waals surface area contributed by atoms with Gasteiger partial charge in [0.1, 0.15) is 6.54 Å². The zero-order valence-electron chi connectivity index (χ0n) is 12.4. The molecule has 2 amide bonds. The summed E-state index contributed by atoms with van der Waals surface area (Å²) in [5.74, 6) is -0.0838. The molecule has 19 heavy (non-hydrogen) atoms. The van der Waals surface area contributed by atoms with E-state index in [0.29, 0.717) is 12.5 Å². The lowest BCUT2D eigenvalue weighted by atomic mass is 10.2. The molecule has 0 bridgehead atoms. The predicted molar refractivity (Wildman–Crippen MR) is 74.0 cm³/mol. The molecular formula is C14H26N2O3. The van der Waals surface area contributed by atoms with Gasteiger partial charge in [-0.05, 0) is 38.5 Å². The maximum atomic E-state index is 12.5. The average molecular weight is 270 g/mol. The Bertz CT molecular complexity index is 325. The van der Waals surface area contributed by atoms with Crippen LogP contribution >= 0.6 is 0 Å². The van der Waals surface area contributed by atoms with Gasteiger partial charge in [0.2, 0.25) is 0 Å². The van der Waals surface area contributed by atoms with Crippen LogP contribution in [0.15, 0.2) is 0 Å². The van der Waals surface area contributed by atoms with E-state index in [1.54, 1.807) is 0 Å². The minimum Gasteiger partial charge on any atom is -0.480 e. The Labute approximate surface area is 115 Å². The quantitative estimate of drug-likeness (QED) is 0.772. The highest BCUT2D eigenvalue weighted by molar-refractivity contribution is 5.80. The maximum Gasteiger partial charge on any atom is 0.323 e. The van der Waals surface area contributed by atoms with Crippen LogP contribution in [0.5, 0.6) is 0 Å². The number of nitrogens with zero attached hydrogens (tertiary/aromatic N) is 2. The van der Waals surface area contributed by atoms with Crippen molar-refractivity contribution in [3.05, 3.63) is 0 Å². The normalized spacial score (nSPS) is 14.8. The van der Waals surface area contributed by atoms with Gasteiger partial charge in [-0.2, -0.15) is 0 Å². The van der Waals surface area contributed by atoms with Crippen molar-refractivity contribution in [1.29, 1.82) is 0 Å². The number of carboxylic acid groups (broad SMARTS) is 1. The first kappa shape index (κ1) is 15.8. The molecule has 5 nitrogen and oxygen atoms in total. The third-order valence-corrected chi connectivity index (χ3v) is 3.20. The molecule has 1 aliphatic carbocycles. The zero-order valence-corrected chi connectivity index (χ0v) is 12.4. The molecule has 0 spiro atoms. The lowest BCUT2D eigenvalue weighted by Gasteiger charge is -2.33. The van der Waals surface area contributed by atoms with Gasteiger partial charge in [0, 0.05) is 19.1 Å². The van der Waals surface area contributed by atoms with Crippen LogP contribution in [0.1, 0.15) is 40.5 Å². The largest absolute Gasteiger partial charge is 0.480 e. The average Bonchev–Trinajstić information content (AvgIpc) is 3.06. The molecule has 0 aromatic carbocycles. The van der Waals surface area contributed by atoms with E-state index >= 15 is 0 Å². The first-order chi connectivity index (χ1) is 8.81. The van der Waals surface area contributed by atoms with Gasteiger partial charge >= 0.3 is 12.0 Å². The Morgan fingerprint density at radius 1 is 1.21 bits per heavy atom. The maximum absolute atomic E-state index is 12.5. The first-order valence-corrected chi connectivity index (χ1v) is 7.08. The van der Waals surface area contributed by atoms with Crippen molar-refractivity contribution in [2.45, 2.75) is 46.6 Å². The van der Waals surface area contributed by atoms with Crippen LogP contribution in [0.3, 0.4) is 0 Å². The van der Waals surface area contributed by atoms with Crippen LogP contribution in [0, 0.1) is 11.8 Å². The van der Waals surface area contributed by atoms with Crippen LogP contribution in [0.4, 0.5) is 4.79 Å². The summed E-state index contributed by atoms with van der Waals surface area (Å²) in [7, 11) is 0. The minimum atomic E-state index is -0.955. The van der Waals surface area contributed by atoms with Gasteiger partial charge in [-0.1, -0.05) is 13.8 Å². The van der Waals surface area contributed by atoms with Crippen molar-refractivity contribution in [2.75, 3.05) is 19.6 Å². The Balaban J connectivity index is 2.71. The molecular weight excluding hydrogens is 244 g/mol. The van der Waals surface area contributed by atoms with Gasteiger partial charge < -0.3 is 14.9 Å². The smallest absolute Gasteiger partial charge is 0.323 e. The molecule has 0 aromatic heterocycles. The number of carboxylic acids is 1. The first-order valence-electron chi connectivity index (χ1n) is 7.08. The number of hydrogen-bond donors (Lipinski definition) is 1. The molecule has 5 heteroatoms. The molecule has 0 aliphatic heterocycles. The predicted octanol–water partition coefficient (Wildman–Crippen LogP) is 2.27. The van der Waals surface area contributed by atoms with Crippen LogP contribution in [-0.4, -0.2) is 52.6 Å². The standard InChI is InChI=1S/C14H26N2O3/c1-10(2)7-15(9-13(17)18)14(19)16(11(3)4)8-12-5-6-12/h10-12H,5-9H2,1-4H3,(H,17,18). The van der Waals surface area contributed by atoms with Gasteiger partial charge in [-0.3, -0.25) is 4.79 Å². The van der Waals surface area contributed by atoms with E-state index in [4.69, 9.17) is 5.11 Å². The second-order valence-corrected chi connectivity index (χ2v) is 6.14. The fourth-order valence-corrected chi connectivity index (χ4v) is 2.08. The number of carbonyl (C=O) groups is 2. The number of carbonyl (C=O) groups excluding carboxylic acids is 1. The third-order valence-electron chi connectivity index (χ3n) is 3.20. The Morgan fingerprint density at radius 3 is 2.16 bits per heavy atom. The molecule has 110 valence electrons. The van der Waals surface area contributed by atoms with Gasteiger partial charge in [0.05, 0.1) is 0 Å². The molecule has 0 heterocycles. The second kappa shape index (κ2) is 6.78. The summed E-state index contributed by atoms with van der Waals surface area (Å²) in [5, 5.41) is 8.95. The number of hydrogen-bond acceptors (Lipinski definition) is 2. The third kappa shape index (κ3) is 5.49. The molecule has 0 unspecified atom stereocenters. The summed E-state index contributed by atoms with van der Waals surface area (Å²) in [4.78, 5) is 26.7. The monoisotopic (exact) mass is 270 g/mol. The molecule has 1 aliphatic rings. The number of urea groups is 1. The van der Waals surface area contributed by atoms with Crippen LogP contribution in [0.2, 0.25) is 0 Å². The van der Waals surface area contributed by atoms with Crippen molar-refractivity contribution in [3.8, 4) is 0 Å². The lowest BCUT2D eigenvalue weighted by molar-refractivity contribution is -0.137. The van der Waals surface area contributed by atoms with Crippen molar-refractivity contribution in [1.82, 2.24) is 9.80 Å². The van der Waals surface area contributed by atoms with E-state index in [-0.39, 0.29) is 24.5 Å². The highest BCUT2D eigenvalue weighted by atomic mass is 16.4. The topological polar surface area (TPSA) is 60.9 Å². The molecule has 1 rings (SSSR count). The zero-order chi connectivity index (χ0) is 14.6. The van der Waals surface area contributed by atoms with Gasteiger partial charge in [-0.25, -0.2) is 4.79 Å². The Kier molecular flexibility index (Phi) is 5.63. The SMILES string of the molecule is CC(C)CN(CC(=O)O)C(=O)N(CC1CC1)C(C)C. The van der Waals surface area contributed by atoms with E-state index in [2.05, 4.69) is 0 Å². The Hall–Kier alpha value is -1.26. The second-order valence-electron chi connectivity index (χ2n) is 6.14. The molecule has 1 N–H and O–H groups in total. The van der Waals surface area contributed by atoms with Gasteiger partial charge in [0.25, 0.3) is 0 Å². The summed E-state index contributed by atoms with van der Waals surface area (Å²) in [6, 6.07) is -0.0328. The lowest BCUT2D eigenvalue weighted by Crippen LogP contribution is -2.49. The summed E-state index contributed by atoms with van der Waals surface area (Å²) in [5.41, 5.74) is 0. The highest BCUT2D eigenvalue weighted by Crippen LogP contribution is 2.30. The number of amides is 2. The van der Waals surface area contributed by atoms with Crippen molar-refractivity contribution in [2.24, 2.45) is 11.8 Å². The summed E-state index contributed by atoms with van der Waals surface area (Å²) in [6.07, 6.45) is 2.36. The van der Waals surface area contributed by atoms with Crippen molar-refractivity contribution in [3.63, 3.8) is 0 Å². The van der Waals surface area contributed by atoms with E-state index in [0.717, 1.165) is 6.54 Å². The Morgan fingerprint density at radius 2 is 1.79 bits per heavy atom. The van der Waals surface area contributed by atoms with E-state index in [9.17, 15) is 9.59 Å². The van der Waals surface area contributed by atoms with E-state index in [1.165, 1.54) is 17.7 Å². The van der Waals surface area contributed by atoms with Crippen LogP contribution in [-0.2, 0) is 4.79 Å². The van der Waals surface area contributed by atoms with Crippen molar-refractivity contribution < 1.29 is 14.7 Å². The van der Waals surface area contributed by atoms with Gasteiger partial charge in [0.15, 0.2) is 0 Å². The van der Waals surface area contributed by atoms with Crippen LogP contribution < -0.4 is 0 Å². The highest BCUT2D eigenvalue weighted by Gasteiger charge is 2.31. The fraction of sp³-hybridized carbons (Fsp3) is 0.857. The summed E-state index contributed by atoms with van der Waals surface area (Å²) < 4.78 is 0. The molecule has 0 aromatic rings. The molecule has 0 saturated heterocycles. The van der Waals surface area contributed by atoms with E-state index in [1.807, 2.05) is 32.6 Å². The van der Waals surface area contributed by atoms with Gasteiger partial charge in [-0.15, -0.1) is 0 Å². The number of rotatable bonds is 7. The molecule has 0 radical (unpaired) electrons. The van der Waals surface area contributed by atoms with Crippen molar-refractivity contribution >= 4 is 12.0 Å². The number of aliphatic carboxylic acids is 1. The summed E-state index contributed by atoms with van der Waals surface area (Å²) in [6.45, 7) is 8.96.